The molecule has 1 saturated heterocycles. The molecule has 1 heterocycles. The Morgan fingerprint density at radius 1 is 1.25 bits per heavy atom. The van der Waals surface area contributed by atoms with Crippen molar-refractivity contribution in [3.8, 4) is 0 Å². The zero-order chi connectivity index (χ0) is 14.9. The van der Waals surface area contributed by atoms with Gasteiger partial charge in [-0.3, -0.25) is 4.79 Å². The van der Waals surface area contributed by atoms with Crippen molar-refractivity contribution < 1.29 is 13.6 Å². The van der Waals surface area contributed by atoms with Crippen molar-refractivity contribution in [1.82, 2.24) is 4.90 Å². The summed E-state index contributed by atoms with van der Waals surface area (Å²) in [5, 5.41) is 0. The molecule has 0 saturated carbocycles. The first-order valence-corrected chi connectivity index (χ1v) is 7.63. The van der Waals surface area contributed by atoms with Gasteiger partial charge in [-0.2, -0.15) is 0 Å². The Morgan fingerprint density at radius 2 is 1.75 bits per heavy atom. The van der Waals surface area contributed by atoms with Crippen molar-refractivity contribution in [2.45, 2.75) is 26.7 Å². The molecular weight excluding hydrogens is 328 g/mol. The Labute approximate surface area is 126 Å². The predicted molar refractivity (Wildman–Crippen MR) is 77.5 cm³/mol. The maximum absolute atomic E-state index is 13.8. The second kappa shape index (κ2) is 6.20. The van der Waals surface area contributed by atoms with Gasteiger partial charge in [0.05, 0.1) is 0 Å². The Kier molecular flexibility index (Phi) is 4.78. The van der Waals surface area contributed by atoms with Crippen molar-refractivity contribution in [1.29, 1.82) is 0 Å². The van der Waals surface area contributed by atoms with Crippen LogP contribution in [0.2, 0.25) is 0 Å². The first-order valence-electron chi connectivity index (χ1n) is 6.84. The minimum absolute atomic E-state index is 0.294. The van der Waals surface area contributed by atoms with Crippen LogP contribution in [0, 0.1) is 23.5 Å². The van der Waals surface area contributed by atoms with Crippen LogP contribution in [0.5, 0.6) is 0 Å². The highest BCUT2D eigenvalue weighted by molar-refractivity contribution is 9.10. The molecule has 2 rings (SSSR count). The molecule has 110 valence electrons. The van der Waals surface area contributed by atoms with E-state index in [0.29, 0.717) is 29.4 Å². The largest absolute Gasteiger partial charge is 0.338 e. The minimum Gasteiger partial charge on any atom is -0.338 e. The topological polar surface area (TPSA) is 20.3 Å². The number of rotatable bonds is 2. The van der Waals surface area contributed by atoms with E-state index >= 15 is 0 Å². The molecule has 0 bridgehead atoms. The van der Waals surface area contributed by atoms with Gasteiger partial charge in [-0.25, -0.2) is 8.78 Å². The van der Waals surface area contributed by atoms with Crippen molar-refractivity contribution in [3.05, 3.63) is 33.8 Å². The van der Waals surface area contributed by atoms with E-state index in [9.17, 15) is 13.6 Å². The summed E-state index contributed by atoms with van der Waals surface area (Å²) in [6.07, 6.45) is 1.78. The molecule has 0 unspecified atom stereocenters. The maximum atomic E-state index is 13.8. The summed E-state index contributed by atoms with van der Waals surface area (Å²) >= 11 is 3.01. The normalized spacial score (nSPS) is 16.8. The number of hydrogen-bond donors (Lipinski definition) is 0. The lowest BCUT2D eigenvalue weighted by Crippen LogP contribution is -2.40. The second-order valence-corrected chi connectivity index (χ2v) is 6.53. The molecular formula is C15H18BrF2NO. The zero-order valence-corrected chi connectivity index (χ0v) is 13.2. The van der Waals surface area contributed by atoms with Gasteiger partial charge in [-0.05, 0) is 36.8 Å². The summed E-state index contributed by atoms with van der Waals surface area (Å²) < 4.78 is 27.9. The van der Waals surface area contributed by atoms with Crippen LogP contribution in [0.1, 0.15) is 37.0 Å². The molecule has 0 N–H and O–H groups in total. The first kappa shape index (κ1) is 15.4. The number of hydrogen-bond acceptors (Lipinski definition) is 1. The van der Waals surface area contributed by atoms with E-state index in [1.54, 1.807) is 4.90 Å². The molecule has 20 heavy (non-hydrogen) atoms. The molecule has 1 aromatic rings. The summed E-state index contributed by atoms with van der Waals surface area (Å²) in [5.74, 6) is -1.01. The van der Waals surface area contributed by atoms with Gasteiger partial charge in [0.2, 0.25) is 0 Å². The van der Waals surface area contributed by atoms with E-state index in [-0.39, 0.29) is 0 Å². The van der Waals surface area contributed by atoms with Gasteiger partial charge >= 0.3 is 0 Å². The number of piperidine rings is 1. The number of benzene rings is 1. The van der Waals surface area contributed by atoms with Crippen LogP contribution >= 0.6 is 15.9 Å². The molecule has 0 aliphatic carbocycles. The van der Waals surface area contributed by atoms with E-state index in [4.69, 9.17) is 0 Å². The van der Waals surface area contributed by atoms with Crippen molar-refractivity contribution in [3.63, 3.8) is 0 Å². The molecule has 2 nitrogen and oxygen atoms in total. The van der Waals surface area contributed by atoms with Gasteiger partial charge in [0.25, 0.3) is 5.91 Å². The van der Waals surface area contributed by atoms with Crippen LogP contribution in [0.4, 0.5) is 8.78 Å². The fourth-order valence-electron chi connectivity index (χ4n) is 2.67. The Bertz CT molecular complexity index is 488. The van der Waals surface area contributed by atoms with E-state index in [1.807, 2.05) is 0 Å². The summed E-state index contributed by atoms with van der Waals surface area (Å²) in [7, 11) is 0. The number of amides is 1. The van der Waals surface area contributed by atoms with Crippen LogP contribution in [-0.2, 0) is 0 Å². The van der Waals surface area contributed by atoms with Crippen LogP contribution in [0.15, 0.2) is 16.6 Å². The Balaban J connectivity index is 2.14. The van der Waals surface area contributed by atoms with Gasteiger partial charge in [0, 0.05) is 17.6 Å². The monoisotopic (exact) mass is 345 g/mol. The van der Waals surface area contributed by atoms with Gasteiger partial charge < -0.3 is 4.90 Å². The summed E-state index contributed by atoms with van der Waals surface area (Å²) in [6, 6.07) is 2.24. The lowest BCUT2D eigenvalue weighted by Gasteiger charge is -2.34. The Hall–Kier alpha value is -0.970. The number of nitrogens with zero attached hydrogens (tertiary/aromatic N) is 1. The highest BCUT2D eigenvalue weighted by Crippen LogP contribution is 2.27. The molecule has 0 atom stereocenters. The SMILES string of the molecule is CC(C)C1CCN(C(=O)c2c(F)cc(Br)cc2F)CC1. The van der Waals surface area contributed by atoms with Gasteiger partial charge in [0.15, 0.2) is 0 Å². The number of carbonyl (C=O) groups is 1. The fraction of sp³-hybridized carbons (Fsp3) is 0.533. The fourth-order valence-corrected chi connectivity index (χ4v) is 3.08. The van der Waals surface area contributed by atoms with Crippen LogP contribution in [0.3, 0.4) is 0 Å². The van der Waals surface area contributed by atoms with Crippen molar-refractivity contribution in [2.75, 3.05) is 13.1 Å². The van der Waals surface area contributed by atoms with Gasteiger partial charge in [-0.1, -0.05) is 29.8 Å². The van der Waals surface area contributed by atoms with Crippen LogP contribution < -0.4 is 0 Å². The average Bonchev–Trinajstić information content (AvgIpc) is 2.37. The third-order valence-electron chi connectivity index (χ3n) is 3.99. The predicted octanol–water partition coefficient (Wildman–Crippen LogP) is 4.24. The van der Waals surface area contributed by atoms with E-state index < -0.39 is 23.1 Å². The van der Waals surface area contributed by atoms with Crippen LogP contribution in [-0.4, -0.2) is 23.9 Å². The zero-order valence-electron chi connectivity index (χ0n) is 11.6. The summed E-state index contributed by atoms with van der Waals surface area (Å²) in [5.41, 5.74) is -0.448. The molecule has 1 aromatic carbocycles. The van der Waals surface area contributed by atoms with Gasteiger partial charge in [0.1, 0.15) is 17.2 Å². The highest BCUT2D eigenvalue weighted by atomic mass is 79.9. The standard InChI is InChI=1S/C15H18BrF2NO/c1-9(2)10-3-5-19(6-4-10)15(20)14-12(17)7-11(16)8-13(14)18/h7-10H,3-6H2,1-2H3. The molecule has 0 spiro atoms. The smallest absolute Gasteiger partial charge is 0.259 e. The van der Waals surface area contributed by atoms with Crippen molar-refractivity contribution in [2.24, 2.45) is 11.8 Å². The number of carbonyl (C=O) groups excluding carboxylic acids is 1. The first-order chi connectivity index (χ1) is 9.40. The summed E-state index contributed by atoms with van der Waals surface area (Å²) in [6.45, 7) is 5.46. The summed E-state index contributed by atoms with van der Waals surface area (Å²) in [4.78, 5) is 13.8. The number of likely N-dealkylation sites (tertiary alicyclic amines) is 1. The average molecular weight is 346 g/mol. The minimum atomic E-state index is -0.812. The molecule has 5 heteroatoms. The van der Waals surface area contributed by atoms with E-state index in [0.717, 1.165) is 25.0 Å². The van der Waals surface area contributed by atoms with Crippen molar-refractivity contribution >= 4 is 21.8 Å². The lowest BCUT2D eigenvalue weighted by atomic mass is 9.86. The third-order valence-corrected chi connectivity index (χ3v) is 4.45. The van der Waals surface area contributed by atoms with Crippen LogP contribution in [0.25, 0.3) is 0 Å². The molecule has 1 aliphatic heterocycles. The number of halogens is 3. The molecule has 0 aromatic heterocycles. The van der Waals surface area contributed by atoms with Gasteiger partial charge in [-0.15, -0.1) is 0 Å². The Morgan fingerprint density at radius 3 is 2.20 bits per heavy atom. The molecule has 0 radical (unpaired) electrons. The highest BCUT2D eigenvalue weighted by Gasteiger charge is 2.28. The van der Waals surface area contributed by atoms with E-state index in [1.165, 1.54) is 0 Å². The third kappa shape index (κ3) is 3.19. The molecule has 1 aliphatic rings. The molecule has 1 fully saturated rings. The van der Waals surface area contributed by atoms with E-state index in [2.05, 4.69) is 29.8 Å². The lowest BCUT2D eigenvalue weighted by molar-refractivity contribution is 0.0658. The molecule has 1 amide bonds. The second-order valence-electron chi connectivity index (χ2n) is 5.62. The maximum Gasteiger partial charge on any atom is 0.259 e. The quantitative estimate of drug-likeness (QED) is 0.785.